The molecule has 0 aliphatic rings. The summed E-state index contributed by atoms with van der Waals surface area (Å²) in [5.41, 5.74) is 5.31. The number of carbonyl (C=O) groups excluding carboxylic acids is 1. The van der Waals surface area contributed by atoms with Gasteiger partial charge in [-0.15, -0.1) is 0 Å². The highest BCUT2D eigenvalue weighted by atomic mass is 16.4. The molecule has 16 heavy (non-hydrogen) atoms. The summed E-state index contributed by atoms with van der Waals surface area (Å²) in [4.78, 5) is 22.5. The van der Waals surface area contributed by atoms with E-state index in [0.29, 0.717) is 19.4 Å². The standard InChI is InChI=1S/C11H22N2O3/c1-3-5-8(2)10(14)13-9(11(15)16)6-4-7-12/h8-9H,3-7,12H2,1-2H3,(H,13,14)(H,15,16). The van der Waals surface area contributed by atoms with Crippen molar-refractivity contribution in [2.24, 2.45) is 11.7 Å². The third-order valence-corrected chi connectivity index (χ3v) is 2.48. The van der Waals surface area contributed by atoms with Gasteiger partial charge in [-0.05, 0) is 25.8 Å². The molecule has 0 rings (SSSR count). The summed E-state index contributed by atoms with van der Waals surface area (Å²) in [5, 5.41) is 11.4. The van der Waals surface area contributed by atoms with Crippen LogP contribution >= 0.6 is 0 Å². The highest BCUT2D eigenvalue weighted by Gasteiger charge is 2.21. The number of carbonyl (C=O) groups is 2. The molecule has 2 atom stereocenters. The summed E-state index contributed by atoms with van der Waals surface area (Å²) < 4.78 is 0. The van der Waals surface area contributed by atoms with E-state index in [-0.39, 0.29) is 11.8 Å². The first-order valence-corrected chi connectivity index (χ1v) is 5.76. The number of hydrogen-bond donors (Lipinski definition) is 3. The van der Waals surface area contributed by atoms with Gasteiger partial charge in [-0.3, -0.25) is 4.79 Å². The molecule has 2 unspecified atom stereocenters. The maximum atomic E-state index is 11.6. The van der Waals surface area contributed by atoms with Crippen molar-refractivity contribution in [2.75, 3.05) is 6.54 Å². The maximum Gasteiger partial charge on any atom is 0.326 e. The zero-order valence-corrected chi connectivity index (χ0v) is 10.0. The van der Waals surface area contributed by atoms with Gasteiger partial charge in [0.2, 0.25) is 5.91 Å². The fourth-order valence-corrected chi connectivity index (χ4v) is 1.46. The minimum atomic E-state index is -0.995. The molecule has 94 valence electrons. The molecule has 5 heteroatoms. The second-order valence-corrected chi connectivity index (χ2v) is 4.02. The van der Waals surface area contributed by atoms with E-state index in [4.69, 9.17) is 10.8 Å². The lowest BCUT2D eigenvalue weighted by Crippen LogP contribution is -2.43. The van der Waals surface area contributed by atoms with E-state index < -0.39 is 12.0 Å². The van der Waals surface area contributed by atoms with Crippen LogP contribution in [0.4, 0.5) is 0 Å². The largest absolute Gasteiger partial charge is 0.480 e. The first kappa shape index (κ1) is 14.9. The van der Waals surface area contributed by atoms with Crippen LogP contribution in [0.15, 0.2) is 0 Å². The molecule has 4 N–H and O–H groups in total. The van der Waals surface area contributed by atoms with E-state index >= 15 is 0 Å². The van der Waals surface area contributed by atoms with Crippen LogP contribution < -0.4 is 11.1 Å². The number of aliphatic carboxylic acids is 1. The predicted molar refractivity (Wildman–Crippen MR) is 61.9 cm³/mol. The number of nitrogens with one attached hydrogen (secondary N) is 1. The van der Waals surface area contributed by atoms with Gasteiger partial charge in [0, 0.05) is 5.92 Å². The molecule has 0 spiro atoms. The number of hydrogen-bond acceptors (Lipinski definition) is 3. The van der Waals surface area contributed by atoms with Gasteiger partial charge in [0.05, 0.1) is 0 Å². The van der Waals surface area contributed by atoms with E-state index in [9.17, 15) is 9.59 Å². The molecule has 0 aromatic heterocycles. The Bertz CT molecular complexity index is 231. The molecule has 0 aliphatic carbocycles. The predicted octanol–water partition coefficient (Wildman–Crippen LogP) is 0.731. The van der Waals surface area contributed by atoms with Gasteiger partial charge < -0.3 is 16.2 Å². The lowest BCUT2D eigenvalue weighted by Gasteiger charge is -2.17. The normalized spacial score (nSPS) is 14.2. The highest BCUT2D eigenvalue weighted by molar-refractivity contribution is 5.84. The Morgan fingerprint density at radius 3 is 2.44 bits per heavy atom. The van der Waals surface area contributed by atoms with Gasteiger partial charge >= 0.3 is 5.97 Å². The summed E-state index contributed by atoms with van der Waals surface area (Å²) in [6.07, 6.45) is 2.67. The average molecular weight is 230 g/mol. The van der Waals surface area contributed by atoms with Crippen LogP contribution in [0.2, 0.25) is 0 Å². The van der Waals surface area contributed by atoms with Gasteiger partial charge in [0.1, 0.15) is 6.04 Å². The Kier molecular flexibility index (Phi) is 7.54. The summed E-state index contributed by atoms with van der Waals surface area (Å²) in [6, 6.07) is -0.810. The lowest BCUT2D eigenvalue weighted by molar-refractivity contribution is -0.142. The van der Waals surface area contributed by atoms with E-state index in [1.54, 1.807) is 6.92 Å². The van der Waals surface area contributed by atoms with E-state index in [0.717, 1.165) is 12.8 Å². The average Bonchev–Trinajstić information content (AvgIpc) is 2.23. The van der Waals surface area contributed by atoms with Crippen molar-refractivity contribution < 1.29 is 14.7 Å². The summed E-state index contributed by atoms with van der Waals surface area (Å²) in [5.74, 6) is -1.32. The molecular weight excluding hydrogens is 208 g/mol. The number of rotatable bonds is 8. The third-order valence-electron chi connectivity index (χ3n) is 2.48. The maximum absolute atomic E-state index is 11.6. The molecule has 1 amide bonds. The molecule has 0 heterocycles. The van der Waals surface area contributed by atoms with Crippen LogP contribution in [-0.4, -0.2) is 29.6 Å². The Hall–Kier alpha value is -1.10. The van der Waals surface area contributed by atoms with Gasteiger partial charge in [0.25, 0.3) is 0 Å². The molecule has 0 saturated heterocycles. The Labute approximate surface area is 96.4 Å². The smallest absolute Gasteiger partial charge is 0.326 e. The van der Waals surface area contributed by atoms with Crippen LogP contribution in [0.25, 0.3) is 0 Å². The van der Waals surface area contributed by atoms with Gasteiger partial charge in [0.15, 0.2) is 0 Å². The lowest BCUT2D eigenvalue weighted by atomic mass is 10.0. The molecule has 5 nitrogen and oxygen atoms in total. The van der Waals surface area contributed by atoms with E-state index in [1.807, 2.05) is 6.92 Å². The minimum Gasteiger partial charge on any atom is -0.480 e. The first-order valence-electron chi connectivity index (χ1n) is 5.76. The van der Waals surface area contributed by atoms with Gasteiger partial charge in [-0.2, -0.15) is 0 Å². The quantitative estimate of drug-likeness (QED) is 0.573. The zero-order valence-electron chi connectivity index (χ0n) is 10.0. The van der Waals surface area contributed by atoms with Crippen molar-refractivity contribution in [1.29, 1.82) is 0 Å². The van der Waals surface area contributed by atoms with Crippen molar-refractivity contribution in [1.82, 2.24) is 5.32 Å². The van der Waals surface area contributed by atoms with Crippen molar-refractivity contribution in [3.63, 3.8) is 0 Å². The van der Waals surface area contributed by atoms with Crippen LogP contribution in [0.5, 0.6) is 0 Å². The third kappa shape index (κ3) is 5.70. The van der Waals surface area contributed by atoms with Crippen LogP contribution in [-0.2, 0) is 9.59 Å². The fourth-order valence-electron chi connectivity index (χ4n) is 1.46. The molecule has 0 aromatic carbocycles. The van der Waals surface area contributed by atoms with E-state index in [1.165, 1.54) is 0 Å². The topological polar surface area (TPSA) is 92.4 Å². The van der Waals surface area contributed by atoms with Crippen molar-refractivity contribution >= 4 is 11.9 Å². The second kappa shape index (κ2) is 8.10. The number of carboxylic acids is 1. The molecule has 0 radical (unpaired) electrons. The van der Waals surface area contributed by atoms with Crippen LogP contribution in [0.1, 0.15) is 39.5 Å². The SMILES string of the molecule is CCCC(C)C(=O)NC(CCCN)C(=O)O. The van der Waals surface area contributed by atoms with Gasteiger partial charge in [-0.1, -0.05) is 20.3 Å². The first-order chi connectivity index (χ1) is 7.52. The van der Waals surface area contributed by atoms with Crippen molar-refractivity contribution in [3.8, 4) is 0 Å². The Morgan fingerprint density at radius 2 is 2.00 bits per heavy atom. The van der Waals surface area contributed by atoms with Crippen molar-refractivity contribution in [3.05, 3.63) is 0 Å². The zero-order chi connectivity index (χ0) is 12.6. The number of amides is 1. The minimum absolute atomic E-state index is 0.135. The summed E-state index contributed by atoms with van der Waals surface area (Å²) >= 11 is 0. The van der Waals surface area contributed by atoms with Crippen LogP contribution in [0, 0.1) is 5.92 Å². The van der Waals surface area contributed by atoms with Crippen LogP contribution in [0.3, 0.4) is 0 Å². The Balaban J connectivity index is 4.17. The second-order valence-electron chi connectivity index (χ2n) is 4.02. The summed E-state index contributed by atoms with van der Waals surface area (Å²) in [6.45, 7) is 4.23. The molecule has 0 bridgehead atoms. The summed E-state index contributed by atoms with van der Waals surface area (Å²) in [7, 11) is 0. The molecular formula is C11H22N2O3. The molecule has 0 aromatic rings. The highest BCUT2D eigenvalue weighted by Crippen LogP contribution is 2.06. The fraction of sp³-hybridized carbons (Fsp3) is 0.818. The number of carboxylic acid groups (broad SMARTS) is 1. The molecule has 0 aliphatic heterocycles. The molecule has 0 saturated carbocycles. The van der Waals surface area contributed by atoms with Crippen molar-refractivity contribution in [2.45, 2.75) is 45.6 Å². The van der Waals surface area contributed by atoms with E-state index in [2.05, 4.69) is 5.32 Å². The monoisotopic (exact) mass is 230 g/mol. The molecule has 0 fully saturated rings. The Morgan fingerprint density at radius 1 is 1.38 bits per heavy atom. The number of nitrogens with two attached hydrogens (primary N) is 1. The van der Waals surface area contributed by atoms with Gasteiger partial charge in [-0.25, -0.2) is 4.79 Å².